The average molecular weight is 478 g/mol. The molecule has 1 aliphatic carbocycles. The minimum Gasteiger partial charge on any atom is -0.497 e. The van der Waals surface area contributed by atoms with Crippen molar-refractivity contribution in [2.75, 3.05) is 20.8 Å². The molecule has 0 aliphatic heterocycles. The normalized spacial score (nSPS) is 16.9. The molecule has 1 aromatic carbocycles. The molecule has 0 bridgehead atoms. The van der Waals surface area contributed by atoms with Crippen molar-refractivity contribution in [3.05, 3.63) is 23.3 Å². The molecule has 0 saturated carbocycles. The van der Waals surface area contributed by atoms with Crippen molar-refractivity contribution in [3.8, 4) is 11.5 Å². The SMILES string of the molecule is COc1cc2c(c(OC)c1)CC(N(OS(N)(=O)=O)C(=O)OCC(Cl)(Cl)Cl)CC2. The summed E-state index contributed by atoms with van der Waals surface area (Å²) in [5, 5.41) is 5.47. The number of rotatable bonds is 6. The lowest BCUT2D eigenvalue weighted by Crippen LogP contribution is -2.46. The Bertz CT molecular complexity index is 812. The molecule has 1 atom stereocenters. The van der Waals surface area contributed by atoms with Gasteiger partial charge in [0.1, 0.15) is 18.1 Å². The number of hydrogen-bond donors (Lipinski definition) is 1. The number of amides is 1. The number of carbonyl (C=O) groups is 1. The van der Waals surface area contributed by atoms with Crippen LogP contribution < -0.4 is 14.6 Å². The largest absolute Gasteiger partial charge is 0.497 e. The number of aryl methyl sites for hydroxylation is 1. The Labute approximate surface area is 177 Å². The maximum atomic E-state index is 12.4. The van der Waals surface area contributed by atoms with Crippen LogP contribution in [0, 0.1) is 0 Å². The fourth-order valence-electron chi connectivity index (χ4n) is 2.85. The number of ether oxygens (including phenoxy) is 3. The molecule has 158 valence electrons. The van der Waals surface area contributed by atoms with E-state index >= 15 is 0 Å². The van der Waals surface area contributed by atoms with Crippen molar-refractivity contribution in [1.29, 1.82) is 0 Å². The monoisotopic (exact) mass is 476 g/mol. The Kier molecular flexibility index (Phi) is 7.51. The Balaban J connectivity index is 2.29. The maximum absolute atomic E-state index is 12.4. The summed E-state index contributed by atoms with van der Waals surface area (Å²) in [5.41, 5.74) is 1.72. The molecule has 0 saturated heterocycles. The summed E-state index contributed by atoms with van der Waals surface area (Å²) in [6.45, 7) is -0.606. The summed E-state index contributed by atoms with van der Waals surface area (Å²) in [5.74, 6) is 1.15. The third kappa shape index (κ3) is 6.43. The molecule has 2 rings (SSSR count). The van der Waals surface area contributed by atoms with Crippen LogP contribution in [0.15, 0.2) is 12.1 Å². The van der Waals surface area contributed by atoms with E-state index in [2.05, 4.69) is 4.28 Å². The van der Waals surface area contributed by atoms with Crippen molar-refractivity contribution in [3.63, 3.8) is 0 Å². The van der Waals surface area contributed by atoms with E-state index in [0.29, 0.717) is 29.4 Å². The number of halogens is 3. The first-order valence-corrected chi connectivity index (χ1v) is 10.5. The molecular formula is C15H19Cl3N2O7S. The number of nitrogens with two attached hydrogens (primary N) is 1. The molecule has 28 heavy (non-hydrogen) atoms. The van der Waals surface area contributed by atoms with Gasteiger partial charge in [-0.3, -0.25) is 0 Å². The highest BCUT2D eigenvalue weighted by molar-refractivity contribution is 7.84. The van der Waals surface area contributed by atoms with Crippen LogP contribution in [0.2, 0.25) is 0 Å². The predicted molar refractivity (Wildman–Crippen MR) is 103 cm³/mol. The molecule has 1 unspecified atom stereocenters. The Morgan fingerprint density at radius 2 is 1.96 bits per heavy atom. The molecule has 13 heteroatoms. The van der Waals surface area contributed by atoms with E-state index in [9.17, 15) is 13.2 Å². The number of carbonyl (C=O) groups excluding carboxylic acids is 1. The third-order valence-corrected chi connectivity index (χ3v) is 4.67. The third-order valence-electron chi connectivity index (χ3n) is 3.97. The topological polar surface area (TPSA) is 117 Å². The minimum atomic E-state index is -4.50. The van der Waals surface area contributed by atoms with Gasteiger partial charge in [-0.15, -0.1) is 4.28 Å². The zero-order valence-corrected chi connectivity index (χ0v) is 18.1. The number of nitrogens with zero attached hydrogens (tertiary/aromatic N) is 1. The molecule has 1 amide bonds. The van der Waals surface area contributed by atoms with E-state index in [0.717, 1.165) is 11.1 Å². The molecule has 0 spiro atoms. The van der Waals surface area contributed by atoms with Gasteiger partial charge in [0.2, 0.25) is 3.79 Å². The first kappa shape index (κ1) is 23.1. The van der Waals surface area contributed by atoms with E-state index in [1.54, 1.807) is 6.07 Å². The Morgan fingerprint density at radius 3 is 2.50 bits per heavy atom. The van der Waals surface area contributed by atoms with Gasteiger partial charge in [0.15, 0.2) is 0 Å². The molecule has 0 heterocycles. The van der Waals surface area contributed by atoms with Crippen LogP contribution >= 0.6 is 34.8 Å². The van der Waals surface area contributed by atoms with Crippen LogP contribution in [0.5, 0.6) is 11.5 Å². The van der Waals surface area contributed by atoms with Crippen molar-refractivity contribution >= 4 is 51.2 Å². The summed E-state index contributed by atoms with van der Waals surface area (Å²) in [4.78, 5) is 12.4. The van der Waals surface area contributed by atoms with Gasteiger partial charge < -0.3 is 14.2 Å². The molecule has 0 aromatic heterocycles. The molecular weight excluding hydrogens is 459 g/mol. The lowest BCUT2D eigenvalue weighted by molar-refractivity contribution is -0.0762. The molecule has 1 aliphatic rings. The first-order chi connectivity index (χ1) is 12.9. The number of hydrogen-bond acceptors (Lipinski definition) is 7. The molecule has 2 N–H and O–H groups in total. The second-order valence-electron chi connectivity index (χ2n) is 5.93. The second kappa shape index (κ2) is 9.10. The quantitative estimate of drug-likeness (QED) is 0.494. The highest BCUT2D eigenvalue weighted by Crippen LogP contribution is 2.36. The highest BCUT2D eigenvalue weighted by atomic mass is 35.6. The summed E-state index contributed by atoms with van der Waals surface area (Å²) in [6.07, 6.45) is -0.0699. The van der Waals surface area contributed by atoms with Crippen LogP contribution in [0.1, 0.15) is 17.5 Å². The summed E-state index contributed by atoms with van der Waals surface area (Å²) in [6, 6.07) is 2.82. The van der Waals surface area contributed by atoms with Gasteiger partial charge in [0.25, 0.3) is 0 Å². The standard InChI is InChI=1S/C15H19Cl3N2O7S/c1-24-11-5-9-3-4-10(6-12(9)13(7-11)25-2)20(27-28(19,22)23)14(21)26-8-15(16,17)18/h5,7,10H,3-4,6,8H2,1-2H3,(H2,19,22,23). The fraction of sp³-hybridized carbons (Fsp3) is 0.533. The lowest BCUT2D eigenvalue weighted by atomic mass is 9.87. The summed E-state index contributed by atoms with van der Waals surface area (Å²) < 4.78 is 41.1. The summed E-state index contributed by atoms with van der Waals surface area (Å²) in [7, 11) is -1.47. The van der Waals surface area contributed by atoms with Crippen molar-refractivity contribution in [1.82, 2.24) is 5.06 Å². The van der Waals surface area contributed by atoms with Crippen molar-refractivity contribution in [2.24, 2.45) is 5.14 Å². The van der Waals surface area contributed by atoms with Gasteiger partial charge in [0.05, 0.1) is 20.3 Å². The van der Waals surface area contributed by atoms with Gasteiger partial charge in [-0.05, 0) is 36.5 Å². The summed E-state index contributed by atoms with van der Waals surface area (Å²) >= 11 is 16.7. The number of fused-ring (bicyclic) bond motifs is 1. The van der Waals surface area contributed by atoms with Gasteiger partial charge in [-0.2, -0.15) is 13.5 Å². The van der Waals surface area contributed by atoms with Crippen LogP contribution in [-0.2, 0) is 32.2 Å². The van der Waals surface area contributed by atoms with Gasteiger partial charge in [0, 0.05) is 6.07 Å². The average Bonchev–Trinajstić information content (AvgIpc) is 2.61. The van der Waals surface area contributed by atoms with E-state index in [1.807, 2.05) is 6.07 Å². The molecule has 1 aromatic rings. The highest BCUT2D eigenvalue weighted by Gasteiger charge is 2.35. The van der Waals surface area contributed by atoms with Gasteiger partial charge in [-0.1, -0.05) is 34.8 Å². The Hall–Kier alpha value is -1.17. The van der Waals surface area contributed by atoms with Crippen LogP contribution in [-0.4, -0.2) is 50.2 Å². The van der Waals surface area contributed by atoms with Crippen molar-refractivity contribution < 1.29 is 31.7 Å². The van der Waals surface area contributed by atoms with Crippen LogP contribution in [0.4, 0.5) is 4.79 Å². The van der Waals surface area contributed by atoms with E-state index in [1.165, 1.54) is 14.2 Å². The number of benzene rings is 1. The maximum Gasteiger partial charge on any atom is 0.435 e. The Morgan fingerprint density at radius 1 is 1.29 bits per heavy atom. The number of methoxy groups -OCH3 is 2. The minimum absolute atomic E-state index is 0.223. The second-order valence-corrected chi connectivity index (χ2v) is 9.58. The molecule has 9 nitrogen and oxygen atoms in total. The number of hydroxylamine groups is 2. The predicted octanol–water partition coefficient (Wildman–Crippen LogP) is 2.51. The lowest BCUT2D eigenvalue weighted by Gasteiger charge is -2.33. The number of alkyl halides is 3. The molecule has 0 radical (unpaired) electrons. The van der Waals surface area contributed by atoms with E-state index in [4.69, 9.17) is 54.2 Å². The molecule has 0 fully saturated rings. The van der Waals surface area contributed by atoms with E-state index in [-0.39, 0.29) is 6.42 Å². The first-order valence-electron chi connectivity index (χ1n) is 7.92. The zero-order valence-electron chi connectivity index (χ0n) is 15.0. The fourth-order valence-corrected chi connectivity index (χ4v) is 3.42. The smallest absolute Gasteiger partial charge is 0.435 e. The van der Waals surface area contributed by atoms with Crippen molar-refractivity contribution in [2.45, 2.75) is 29.1 Å². The zero-order chi connectivity index (χ0) is 21.1. The van der Waals surface area contributed by atoms with Gasteiger partial charge >= 0.3 is 16.4 Å². The van der Waals surface area contributed by atoms with E-state index < -0.39 is 32.8 Å². The van der Waals surface area contributed by atoms with Gasteiger partial charge in [-0.25, -0.2) is 9.93 Å². The van der Waals surface area contributed by atoms with Crippen LogP contribution in [0.3, 0.4) is 0 Å². The van der Waals surface area contributed by atoms with Crippen LogP contribution in [0.25, 0.3) is 0 Å².